The summed E-state index contributed by atoms with van der Waals surface area (Å²) in [5, 5.41) is 26.4. The molecule has 0 saturated carbocycles. The van der Waals surface area contributed by atoms with E-state index in [2.05, 4.69) is 30.4 Å². The first kappa shape index (κ1) is 34.8. The number of aromatic amines is 1. The highest BCUT2D eigenvalue weighted by atomic mass is 32.2. The molecule has 9 rings (SSSR count). The Bertz CT molecular complexity index is 2620. The summed E-state index contributed by atoms with van der Waals surface area (Å²) in [6, 6.07) is 19.3. The molecule has 6 aromatic rings. The minimum Gasteiger partial charge on any atom is -0.454 e. The molecule has 20 heteroatoms. The molecule has 0 bridgehead atoms. The van der Waals surface area contributed by atoms with E-state index < -0.39 is 38.7 Å². The molecule has 19 nitrogen and oxygen atoms in total. The second-order valence-electron chi connectivity index (χ2n) is 13.3. The smallest absolute Gasteiger partial charge is 0.415 e. The van der Waals surface area contributed by atoms with Gasteiger partial charge in [-0.25, -0.2) is 13.1 Å². The molecule has 1 fully saturated rings. The zero-order valence-corrected chi connectivity index (χ0v) is 30.0. The molecule has 0 spiro atoms. The average molecular weight is 782 g/mol. The average Bonchev–Trinajstić information content (AvgIpc) is 4.01. The Morgan fingerprint density at radius 1 is 1.05 bits per heavy atom. The summed E-state index contributed by atoms with van der Waals surface area (Å²) in [6.45, 7) is -0.654. The highest BCUT2D eigenvalue weighted by molar-refractivity contribution is 7.91. The largest absolute Gasteiger partial charge is 0.454 e. The molecule has 2 atom stereocenters. The van der Waals surface area contributed by atoms with Gasteiger partial charge in [-0.15, -0.1) is 5.10 Å². The van der Waals surface area contributed by atoms with Crippen LogP contribution < -0.4 is 24.4 Å². The second kappa shape index (κ2) is 13.7. The number of para-hydroxylation sites is 1. The Kier molecular flexibility index (Phi) is 8.52. The van der Waals surface area contributed by atoms with Crippen molar-refractivity contribution < 1.29 is 46.5 Å². The summed E-state index contributed by atoms with van der Waals surface area (Å²) in [5.41, 5.74) is 3.86. The van der Waals surface area contributed by atoms with Crippen molar-refractivity contribution in [3.63, 3.8) is 0 Å². The van der Waals surface area contributed by atoms with Crippen molar-refractivity contribution in [1.29, 1.82) is 0 Å². The SMILES string of the molecule is O=C(Cn1cc(CN2CC(=O)N3[C@H](c4ccc5c(c4)OCO5)c4[nH]c5ccccc5c4C[C@@H]3C2=O)nn1)NCCOc1no[n+]([O-])c1S(=O)(=O)c1ccccc1. The number of nitrogens with one attached hydrogen (secondary N) is 2. The van der Waals surface area contributed by atoms with Crippen molar-refractivity contribution in [2.45, 2.75) is 41.5 Å². The maximum Gasteiger partial charge on any atom is 0.415 e. The fourth-order valence-electron chi connectivity index (χ4n) is 7.35. The van der Waals surface area contributed by atoms with Crippen LogP contribution in [0.25, 0.3) is 10.9 Å². The van der Waals surface area contributed by atoms with E-state index in [0.717, 1.165) is 27.7 Å². The molecule has 56 heavy (non-hydrogen) atoms. The summed E-state index contributed by atoms with van der Waals surface area (Å²) in [6.07, 6.45) is 1.83. The van der Waals surface area contributed by atoms with Crippen LogP contribution in [-0.4, -0.2) is 93.6 Å². The molecular weight excluding hydrogens is 751 g/mol. The lowest BCUT2D eigenvalue weighted by atomic mass is 9.86. The molecule has 286 valence electrons. The van der Waals surface area contributed by atoms with E-state index in [1.54, 1.807) is 11.0 Å². The number of amides is 3. The van der Waals surface area contributed by atoms with Crippen molar-refractivity contribution in [2.75, 3.05) is 26.5 Å². The topological polar surface area (TPSA) is 231 Å². The van der Waals surface area contributed by atoms with Crippen LogP contribution >= 0.6 is 0 Å². The lowest BCUT2D eigenvalue weighted by Crippen LogP contribution is -2.62. The van der Waals surface area contributed by atoms with Gasteiger partial charge < -0.3 is 39.5 Å². The molecule has 2 N–H and O–H groups in total. The quantitative estimate of drug-likeness (QED) is 0.138. The number of sulfone groups is 1. The van der Waals surface area contributed by atoms with Gasteiger partial charge >= 0.3 is 10.9 Å². The van der Waals surface area contributed by atoms with Crippen LogP contribution in [0.15, 0.2) is 93.5 Å². The van der Waals surface area contributed by atoms with Gasteiger partial charge in [0.15, 0.2) is 11.5 Å². The van der Waals surface area contributed by atoms with E-state index in [9.17, 15) is 28.0 Å². The molecule has 3 aliphatic heterocycles. The van der Waals surface area contributed by atoms with E-state index in [0.29, 0.717) is 23.6 Å². The van der Waals surface area contributed by atoms with Gasteiger partial charge in [0.1, 0.15) is 31.4 Å². The standard InChI is InChI=1S/C36H31N9O10S/c46-30(37-12-13-52-34-36(45(49)55-40-34)56(50,51)23-6-2-1-3-7-23)18-43-17-22(39-41-43)16-42-19-31(47)44-27(35(42)48)15-25-24-8-4-5-9-26(24)38-32(25)33(44)21-10-11-28-29(14-21)54-20-53-28/h1-11,14,17,27,33,38H,12-13,15-16,18-20H2,(H,37,46)/t27-,33-/m1/s1. The summed E-state index contributed by atoms with van der Waals surface area (Å²) >= 11 is 0. The number of H-pyrrole nitrogens is 1. The van der Waals surface area contributed by atoms with E-state index >= 15 is 0 Å². The van der Waals surface area contributed by atoms with Gasteiger partial charge in [0.2, 0.25) is 24.5 Å². The van der Waals surface area contributed by atoms with Crippen molar-refractivity contribution >= 4 is 38.5 Å². The third-order valence-electron chi connectivity index (χ3n) is 9.82. The van der Waals surface area contributed by atoms with E-state index in [-0.39, 0.29) is 61.2 Å². The molecule has 3 aromatic heterocycles. The number of benzene rings is 3. The normalized spacial score (nSPS) is 17.6. The Morgan fingerprint density at radius 2 is 1.86 bits per heavy atom. The first-order valence-electron chi connectivity index (χ1n) is 17.4. The number of aromatic nitrogens is 6. The molecule has 0 aliphatic carbocycles. The number of ether oxygens (including phenoxy) is 3. The Balaban J connectivity index is 0.848. The molecule has 6 heterocycles. The highest BCUT2D eigenvalue weighted by Gasteiger charge is 2.48. The van der Waals surface area contributed by atoms with Gasteiger partial charge in [0, 0.05) is 23.0 Å². The van der Waals surface area contributed by atoms with Crippen molar-refractivity contribution in [3.05, 3.63) is 107 Å². The van der Waals surface area contributed by atoms with E-state index in [4.69, 9.17) is 14.2 Å². The molecule has 3 amide bonds. The number of carbonyl (C=O) groups is 3. The summed E-state index contributed by atoms with van der Waals surface area (Å²) in [4.78, 5) is 47.1. The fourth-order valence-corrected chi connectivity index (χ4v) is 8.65. The van der Waals surface area contributed by atoms with Crippen LogP contribution in [0.5, 0.6) is 17.4 Å². The molecule has 1 saturated heterocycles. The minimum absolute atomic E-state index is 0.00849. The van der Waals surface area contributed by atoms with Gasteiger partial charge in [-0.05, 0) is 46.4 Å². The zero-order valence-electron chi connectivity index (χ0n) is 29.2. The van der Waals surface area contributed by atoms with E-state index in [1.807, 2.05) is 42.5 Å². The van der Waals surface area contributed by atoms with Crippen molar-refractivity contribution in [3.8, 4) is 17.4 Å². The number of rotatable bonds is 11. The number of hydrogen-bond donors (Lipinski definition) is 2. The Labute approximate surface area is 316 Å². The second-order valence-corrected chi connectivity index (χ2v) is 15.1. The number of nitrogens with zero attached hydrogens (tertiary/aromatic N) is 7. The maximum absolute atomic E-state index is 14.2. The number of piperazine rings is 1. The van der Waals surface area contributed by atoms with Crippen molar-refractivity contribution in [2.24, 2.45) is 0 Å². The zero-order chi connectivity index (χ0) is 38.6. The van der Waals surface area contributed by atoms with Gasteiger partial charge in [0.05, 0.1) is 35.4 Å². The molecule has 3 aromatic carbocycles. The van der Waals surface area contributed by atoms with Crippen LogP contribution in [0.2, 0.25) is 0 Å². The van der Waals surface area contributed by atoms with Gasteiger partial charge in [0.25, 0.3) is 9.84 Å². The third-order valence-corrected chi connectivity index (χ3v) is 11.5. The van der Waals surface area contributed by atoms with Gasteiger partial charge in [-0.2, -0.15) is 0 Å². The summed E-state index contributed by atoms with van der Waals surface area (Å²) < 4.78 is 48.2. The predicted octanol–water partition coefficient (Wildman–Crippen LogP) is 1.02. The molecule has 0 radical (unpaired) electrons. The number of fused-ring (bicyclic) bond motifs is 5. The number of hydrogen-bond acceptors (Lipinski definition) is 13. The predicted molar refractivity (Wildman–Crippen MR) is 188 cm³/mol. The molecule has 0 unspecified atom stereocenters. The Hall–Kier alpha value is -6.96. The van der Waals surface area contributed by atoms with E-state index in [1.165, 1.54) is 40.0 Å². The molecule has 3 aliphatic rings. The lowest BCUT2D eigenvalue weighted by molar-refractivity contribution is -0.832. The summed E-state index contributed by atoms with van der Waals surface area (Å²) in [7, 11) is -4.30. The monoisotopic (exact) mass is 781 g/mol. The third kappa shape index (κ3) is 6.08. The lowest BCUT2D eigenvalue weighted by Gasteiger charge is -2.47. The number of carbonyl (C=O) groups excluding carboxylic acids is 3. The van der Waals surface area contributed by atoms with Crippen LogP contribution in [0, 0.1) is 5.21 Å². The fraction of sp³-hybridized carbons (Fsp3) is 0.250. The highest BCUT2D eigenvalue weighted by Crippen LogP contribution is 2.45. The van der Waals surface area contributed by atoms with Crippen LogP contribution in [0.3, 0.4) is 0 Å². The van der Waals surface area contributed by atoms with Crippen LogP contribution in [0.1, 0.15) is 28.6 Å². The van der Waals surface area contributed by atoms with Crippen LogP contribution in [-0.2, 0) is 43.7 Å². The molecular formula is C36H31N9O10S. The minimum atomic E-state index is -4.30. The first-order valence-corrected chi connectivity index (χ1v) is 18.9. The maximum atomic E-state index is 14.2. The van der Waals surface area contributed by atoms with Gasteiger partial charge in [-0.3, -0.25) is 19.0 Å². The summed E-state index contributed by atoms with van der Waals surface area (Å²) in [5.74, 6) is -0.331. The Morgan fingerprint density at radius 3 is 2.71 bits per heavy atom. The van der Waals surface area contributed by atoms with Crippen LogP contribution in [0.4, 0.5) is 0 Å². The van der Waals surface area contributed by atoms with Crippen molar-refractivity contribution in [1.82, 2.24) is 40.3 Å². The first-order chi connectivity index (χ1) is 27.2. The van der Waals surface area contributed by atoms with Gasteiger partial charge in [-0.1, -0.05) is 47.7 Å².